The summed E-state index contributed by atoms with van der Waals surface area (Å²) in [6, 6.07) is 6.73. The Hall–Kier alpha value is -1.59. The monoisotopic (exact) mass is 267 g/mol. The summed E-state index contributed by atoms with van der Waals surface area (Å²) in [5.41, 5.74) is 0.374. The maximum Gasteiger partial charge on any atom is 0.373 e. The molecule has 0 aliphatic heterocycles. The molecule has 1 rings (SSSR count). The van der Waals surface area contributed by atoms with Crippen LogP contribution in [0.25, 0.3) is 0 Å². The average Bonchev–Trinajstić information content (AvgIpc) is 2.43. The summed E-state index contributed by atoms with van der Waals surface area (Å²) in [7, 11) is 1.60. The van der Waals surface area contributed by atoms with Crippen molar-refractivity contribution in [2.24, 2.45) is 0 Å². The van der Waals surface area contributed by atoms with E-state index >= 15 is 0 Å². The van der Waals surface area contributed by atoms with Crippen LogP contribution in [0.5, 0.6) is 5.75 Å². The fourth-order valence-electron chi connectivity index (χ4n) is 1.28. The summed E-state index contributed by atoms with van der Waals surface area (Å²) < 4.78 is 10.3. The molecule has 1 atom stereocenters. The van der Waals surface area contributed by atoms with Crippen LogP contribution in [0.3, 0.4) is 0 Å². The minimum atomic E-state index is -0.567. The number of methoxy groups -OCH3 is 1. The van der Waals surface area contributed by atoms with E-state index in [1.54, 1.807) is 31.4 Å². The second-order valence-electron chi connectivity index (χ2n) is 3.88. The van der Waals surface area contributed by atoms with Crippen molar-refractivity contribution in [3.8, 4) is 5.75 Å². The number of benzene rings is 1. The molecule has 0 aliphatic rings. The third kappa shape index (κ3) is 5.72. The highest BCUT2D eigenvalue weighted by Gasteiger charge is 2.10. The third-order valence-corrected chi connectivity index (χ3v) is 2.40. The predicted molar refractivity (Wildman–Crippen MR) is 69.5 cm³/mol. The minimum Gasteiger partial charge on any atom is -0.494 e. The number of ether oxygens (including phenoxy) is 2. The van der Waals surface area contributed by atoms with Crippen LogP contribution in [0.15, 0.2) is 24.3 Å². The van der Waals surface area contributed by atoms with Gasteiger partial charge in [-0.1, -0.05) is 6.07 Å². The van der Waals surface area contributed by atoms with Crippen LogP contribution in [0.1, 0.15) is 30.6 Å². The molecule has 0 saturated heterocycles. The first kappa shape index (κ1) is 15.5. The molecule has 0 aromatic heterocycles. The molecule has 105 valence electrons. The van der Waals surface area contributed by atoms with Gasteiger partial charge in [0.2, 0.25) is 0 Å². The summed E-state index contributed by atoms with van der Waals surface area (Å²) in [5.74, 6) is 0.0526. The molecule has 5 nitrogen and oxygen atoms in total. The third-order valence-electron chi connectivity index (χ3n) is 2.40. The standard InChI is InChI=1S/C14H19O5/c1-4-17-13-7-5-6-12(10-13)14(15)19-18-9-8-11(2)16-3/h5-7,9-11H,4,8H2,1-3H3. The van der Waals surface area contributed by atoms with Gasteiger partial charge in [0, 0.05) is 13.5 Å². The molecule has 0 spiro atoms. The van der Waals surface area contributed by atoms with Crippen molar-refractivity contribution in [1.29, 1.82) is 0 Å². The predicted octanol–water partition coefficient (Wildman–Crippen LogP) is 2.76. The van der Waals surface area contributed by atoms with E-state index < -0.39 is 5.97 Å². The van der Waals surface area contributed by atoms with Gasteiger partial charge in [0.05, 0.1) is 18.3 Å². The molecule has 1 radical (unpaired) electrons. The molecular formula is C14H19O5. The van der Waals surface area contributed by atoms with E-state index in [2.05, 4.69) is 4.89 Å². The summed E-state index contributed by atoms with van der Waals surface area (Å²) in [6.07, 6.45) is 0.544. The molecule has 0 amide bonds. The van der Waals surface area contributed by atoms with E-state index in [1.165, 1.54) is 6.61 Å². The smallest absolute Gasteiger partial charge is 0.373 e. The fraction of sp³-hybridized carbons (Fsp3) is 0.429. The second kappa shape index (κ2) is 8.50. The van der Waals surface area contributed by atoms with Gasteiger partial charge in [-0.3, -0.25) is 4.89 Å². The maximum atomic E-state index is 11.7. The highest BCUT2D eigenvalue weighted by molar-refractivity contribution is 5.89. The minimum absolute atomic E-state index is 0.0139. The summed E-state index contributed by atoms with van der Waals surface area (Å²) in [6.45, 7) is 5.68. The molecule has 0 saturated carbocycles. The van der Waals surface area contributed by atoms with Crippen LogP contribution in [0, 0.1) is 6.61 Å². The molecule has 5 heteroatoms. The highest BCUT2D eigenvalue weighted by Crippen LogP contribution is 2.14. The normalized spacial score (nSPS) is 11.9. The topological polar surface area (TPSA) is 54.0 Å². The van der Waals surface area contributed by atoms with Crippen molar-refractivity contribution in [3.63, 3.8) is 0 Å². The van der Waals surface area contributed by atoms with Crippen molar-refractivity contribution in [2.75, 3.05) is 13.7 Å². The van der Waals surface area contributed by atoms with Crippen molar-refractivity contribution >= 4 is 5.97 Å². The van der Waals surface area contributed by atoms with Crippen LogP contribution in [0.4, 0.5) is 0 Å². The van der Waals surface area contributed by atoms with Crippen molar-refractivity contribution in [2.45, 2.75) is 26.4 Å². The largest absolute Gasteiger partial charge is 0.494 e. The zero-order valence-electron chi connectivity index (χ0n) is 11.4. The first-order valence-electron chi connectivity index (χ1n) is 6.12. The van der Waals surface area contributed by atoms with Gasteiger partial charge in [0.15, 0.2) is 0 Å². The second-order valence-corrected chi connectivity index (χ2v) is 3.88. The lowest BCUT2D eigenvalue weighted by atomic mass is 10.2. The molecule has 1 aromatic rings. The van der Waals surface area contributed by atoms with Gasteiger partial charge in [-0.05, 0) is 32.0 Å². The lowest BCUT2D eigenvalue weighted by molar-refractivity contribution is -0.215. The van der Waals surface area contributed by atoms with Gasteiger partial charge < -0.3 is 9.47 Å². The van der Waals surface area contributed by atoms with E-state index in [9.17, 15) is 4.79 Å². The molecule has 1 aromatic carbocycles. The summed E-state index contributed by atoms with van der Waals surface area (Å²) in [4.78, 5) is 21.0. The fourth-order valence-corrected chi connectivity index (χ4v) is 1.28. The number of carbonyl (C=O) groups excluding carboxylic acids is 1. The first-order valence-corrected chi connectivity index (χ1v) is 6.12. The van der Waals surface area contributed by atoms with Gasteiger partial charge in [0.1, 0.15) is 12.4 Å². The van der Waals surface area contributed by atoms with E-state index in [4.69, 9.17) is 14.4 Å². The molecule has 1 unspecified atom stereocenters. The van der Waals surface area contributed by atoms with Gasteiger partial charge >= 0.3 is 5.97 Å². The van der Waals surface area contributed by atoms with Crippen LogP contribution < -0.4 is 4.74 Å². The Kier molecular flexibility index (Phi) is 6.92. The highest BCUT2D eigenvalue weighted by atomic mass is 17.2. The summed E-state index contributed by atoms with van der Waals surface area (Å²) >= 11 is 0. The quantitative estimate of drug-likeness (QED) is 0.412. The van der Waals surface area contributed by atoms with E-state index in [0.29, 0.717) is 24.3 Å². The number of carbonyl (C=O) groups is 1. The Morgan fingerprint density at radius 3 is 2.89 bits per heavy atom. The van der Waals surface area contributed by atoms with Gasteiger partial charge in [-0.15, -0.1) is 0 Å². The molecule has 0 heterocycles. The molecule has 19 heavy (non-hydrogen) atoms. The van der Waals surface area contributed by atoms with Crippen LogP contribution >= 0.6 is 0 Å². The average molecular weight is 267 g/mol. The van der Waals surface area contributed by atoms with Crippen molar-refractivity contribution in [1.82, 2.24) is 0 Å². The Morgan fingerprint density at radius 1 is 1.42 bits per heavy atom. The lowest BCUT2D eigenvalue weighted by Gasteiger charge is -2.08. The molecule has 0 aliphatic carbocycles. The van der Waals surface area contributed by atoms with Crippen molar-refractivity contribution < 1.29 is 24.0 Å². The SMILES string of the molecule is CCOc1cccc(C(=O)OO[CH]CC(C)OC)c1. The van der Waals surface area contributed by atoms with E-state index in [0.717, 1.165) is 0 Å². The Bertz CT molecular complexity index is 391. The zero-order valence-corrected chi connectivity index (χ0v) is 11.4. The Morgan fingerprint density at radius 2 is 2.21 bits per heavy atom. The number of rotatable bonds is 8. The maximum absolute atomic E-state index is 11.7. The molecular weight excluding hydrogens is 248 g/mol. The zero-order chi connectivity index (χ0) is 14.1. The molecule has 0 N–H and O–H groups in total. The molecule has 0 fully saturated rings. The van der Waals surface area contributed by atoms with Gasteiger partial charge in [-0.25, -0.2) is 4.79 Å². The van der Waals surface area contributed by atoms with Crippen molar-refractivity contribution in [3.05, 3.63) is 36.4 Å². The Balaban J connectivity index is 2.38. The van der Waals surface area contributed by atoms with Gasteiger partial charge in [0.25, 0.3) is 0 Å². The van der Waals surface area contributed by atoms with Crippen LogP contribution in [-0.2, 0) is 14.5 Å². The lowest BCUT2D eigenvalue weighted by Crippen LogP contribution is -2.09. The van der Waals surface area contributed by atoms with Crippen LogP contribution in [-0.4, -0.2) is 25.8 Å². The first-order chi connectivity index (χ1) is 9.17. The number of hydrogen-bond acceptors (Lipinski definition) is 5. The summed E-state index contributed by atoms with van der Waals surface area (Å²) in [5, 5.41) is 0. The van der Waals surface area contributed by atoms with E-state index in [-0.39, 0.29) is 6.10 Å². The Labute approximate surface area is 113 Å². The van der Waals surface area contributed by atoms with Crippen LogP contribution in [0.2, 0.25) is 0 Å². The molecule has 0 bridgehead atoms. The van der Waals surface area contributed by atoms with E-state index in [1.807, 2.05) is 13.8 Å². The van der Waals surface area contributed by atoms with Gasteiger partial charge in [-0.2, -0.15) is 4.89 Å². The number of hydrogen-bond donors (Lipinski definition) is 0.